The van der Waals surface area contributed by atoms with Crippen molar-refractivity contribution in [2.75, 3.05) is 13.1 Å². The first kappa shape index (κ1) is 8.62. The van der Waals surface area contributed by atoms with Gasteiger partial charge in [0.15, 0.2) is 0 Å². The van der Waals surface area contributed by atoms with Gasteiger partial charge in [-0.1, -0.05) is 35.6 Å². The van der Waals surface area contributed by atoms with Crippen molar-refractivity contribution >= 4 is 11.6 Å². The molecule has 0 atom stereocenters. The molecule has 0 amide bonds. The van der Waals surface area contributed by atoms with Crippen LogP contribution in [0.5, 0.6) is 0 Å². The molecule has 1 aromatic carbocycles. The molecule has 0 unspecified atom stereocenters. The van der Waals surface area contributed by atoms with Crippen LogP contribution in [0, 0.1) is 17.8 Å². The minimum atomic E-state index is 0.510. The predicted molar refractivity (Wildman–Crippen MR) is 54.7 cm³/mol. The molecule has 1 aliphatic heterocycles. The van der Waals surface area contributed by atoms with E-state index in [0.29, 0.717) is 5.92 Å². The summed E-state index contributed by atoms with van der Waals surface area (Å²) in [7, 11) is 0. The van der Waals surface area contributed by atoms with Gasteiger partial charge in [0.25, 0.3) is 0 Å². The zero-order valence-corrected chi connectivity index (χ0v) is 7.93. The van der Waals surface area contributed by atoms with Crippen LogP contribution in [0.4, 0.5) is 0 Å². The van der Waals surface area contributed by atoms with Crippen LogP contribution >= 0.6 is 11.6 Å². The normalized spacial score (nSPS) is 15.8. The average Bonchev–Trinajstić information content (AvgIpc) is 2.05. The maximum Gasteiger partial charge on any atom is 0.0562 e. The van der Waals surface area contributed by atoms with E-state index in [1.165, 1.54) is 0 Å². The van der Waals surface area contributed by atoms with E-state index in [-0.39, 0.29) is 0 Å². The molecule has 1 aliphatic rings. The predicted octanol–water partition coefficient (Wildman–Crippen LogP) is 1.91. The molecule has 2 rings (SSSR count). The topological polar surface area (TPSA) is 12.0 Å². The Hall–Kier alpha value is -0.970. The van der Waals surface area contributed by atoms with Crippen molar-refractivity contribution in [2.24, 2.45) is 5.92 Å². The number of halogens is 1. The van der Waals surface area contributed by atoms with E-state index < -0.39 is 0 Å². The van der Waals surface area contributed by atoms with Crippen LogP contribution in [0.3, 0.4) is 0 Å². The molecule has 66 valence electrons. The van der Waals surface area contributed by atoms with E-state index in [9.17, 15) is 0 Å². The molecule has 0 radical (unpaired) electrons. The molecule has 2 heteroatoms. The third-order valence-corrected chi connectivity index (χ3v) is 2.40. The summed E-state index contributed by atoms with van der Waals surface area (Å²) in [6.45, 7) is 2.02. The molecule has 1 nitrogen and oxygen atoms in total. The third-order valence-electron chi connectivity index (χ3n) is 2.07. The van der Waals surface area contributed by atoms with Crippen molar-refractivity contribution in [1.29, 1.82) is 0 Å². The smallest absolute Gasteiger partial charge is 0.0562 e. The summed E-state index contributed by atoms with van der Waals surface area (Å²) in [5.74, 6) is 6.78. The fraction of sp³-hybridized carbons (Fsp3) is 0.273. The fourth-order valence-corrected chi connectivity index (χ4v) is 1.32. The van der Waals surface area contributed by atoms with Gasteiger partial charge in [0, 0.05) is 24.6 Å². The standard InChI is InChI=1S/C11H10ClN/c12-11-4-2-1-3-10(11)6-5-9-7-13-8-9/h1-4,9,13H,7-8H2. The second kappa shape index (κ2) is 3.83. The van der Waals surface area contributed by atoms with Gasteiger partial charge in [-0.05, 0) is 12.1 Å². The maximum atomic E-state index is 5.95. The fourth-order valence-electron chi connectivity index (χ4n) is 1.13. The molecule has 0 bridgehead atoms. The lowest BCUT2D eigenvalue weighted by atomic mass is 10.0. The maximum absolute atomic E-state index is 5.95. The minimum Gasteiger partial charge on any atom is -0.314 e. The van der Waals surface area contributed by atoms with Gasteiger partial charge in [0.2, 0.25) is 0 Å². The van der Waals surface area contributed by atoms with Crippen LogP contribution in [0.2, 0.25) is 5.02 Å². The van der Waals surface area contributed by atoms with E-state index in [1.54, 1.807) is 0 Å². The lowest BCUT2D eigenvalue weighted by Crippen LogP contribution is -2.40. The highest BCUT2D eigenvalue weighted by molar-refractivity contribution is 6.31. The molecule has 0 spiro atoms. The monoisotopic (exact) mass is 191 g/mol. The van der Waals surface area contributed by atoms with Gasteiger partial charge < -0.3 is 5.32 Å². The Morgan fingerprint density at radius 2 is 2.08 bits per heavy atom. The molecule has 0 aliphatic carbocycles. The Kier molecular flexibility index (Phi) is 2.54. The van der Waals surface area contributed by atoms with Crippen molar-refractivity contribution in [3.63, 3.8) is 0 Å². The second-order valence-corrected chi connectivity index (χ2v) is 3.51. The molecule has 1 heterocycles. The van der Waals surface area contributed by atoms with E-state index >= 15 is 0 Å². The largest absolute Gasteiger partial charge is 0.314 e. The molecular weight excluding hydrogens is 182 g/mol. The van der Waals surface area contributed by atoms with Crippen molar-refractivity contribution in [3.05, 3.63) is 34.9 Å². The second-order valence-electron chi connectivity index (χ2n) is 3.10. The van der Waals surface area contributed by atoms with Gasteiger partial charge in [0.1, 0.15) is 0 Å². The summed E-state index contributed by atoms with van der Waals surface area (Å²) in [6, 6.07) is 7.68. The van der Waals surface area contributed by atoms with Gasteiger partial charge in [-0.15, -0.1) is 0 Å². The Morgan fingerprint density at radius 3 is 2.69 bits per heavy atom. The van der Waals surface area contributed by atoms with Crippen molar-refractivity contribution in [2.45, 2.75) is 0 Å². The quantitative estimate of drug-likeness (QED) is 0.618. The van der Waals surface area contributed by atoms with E-state index in [0.717, 1.165) is 23.7 Å². The van der Waals surface area contributed by atoms with E-state index in [4.69, 9.17) is 11.6 Å². The third kappa shape index (κ3) is 2.03. The number of hydrogen-bond donors (Lipinski definition) is 1. The van der Waals surface area contributed by atoms with Crippen molar-refractivity contribution < 1.29 is 0 Å². The summed E-state index contributed by atoms with van der Waals surface area (Å²) in [5.41, 5.74) is 0.927. The molecule has 0 aromatic heterocycles. The molecule has 1 fully saturated rings. The summed E-state index contributed by atoms with van der Waals surface area (Å²) in [4.78, 5) is 0. The minimum absolute atomic E-state index is 0.510. The van der Waals surface area contributed by atoms with Crippen LogP contribution in [0.25, 0.3) is 0 Å². The van der Waals surface area contributed by atoms with Crippen LogP contribution in [-0.2, 0) is 0 Å². The van der Waals surface area contributed by atoms with E-state index in [2.05, 4.69) is 17.2 Å². The van der Waals surface area contributed by atoms with Gasteiger partial charge in [-0.25, -0.2) is 0 Å². The molecule has 13 heavy (non-hydrogen) atoms. The Labute approximate surface area is 83.1 Å². The van der Waals surface area contributed by atoms with Crippen molar-refractivity contribution in [1.82, 2.24) is 5.32 Å². The van der Waals surface area contributed by atoms with Crippen LogP contribution < -0.4 is 5.32 Å². The number of nitrogens with one attached hydrogen (secondary N) is 1. The molecule has 1 aromatic rings. The highest BCUT2D eigenvalue weighted by Crippen LogP contribution is 2.13. The van der Waals surface area contributed by atoms with E-state index in [1.807, 2.05) is 24.3 Å². The van der Waals surface area contributed by atoms with Gasteiger partial charge in [0.05, 0.1) is 5.02 Å². The lowest BCUT2D eigenvalue weighted by Gasteiger charge is -2.21. The number of hydrogen-bond acceptors (Lipinski definition) is 1. The zero-order chi connectivity index (χ0) is 9.10. The zero-order valence-electron chi connectivity index (χ0n) is 7.18. The first-order valence-corrected chi connectivity index (χ1v) is 4.71. The molecular formula is C11H10ClN. The summed E-state index contributed by atoms with van der Waals surface area (Å²) in [6.07, 6.45) is 0. The summed E-state index contributed by atoms with van der Waals surface area (Å²) in [5, 5.41) is 3.91. The Bertz CT molecular complexity index is 358. The van der Waals surface area contributed by atoms with Crippen LogP contribution in [0.1, 0.15) is 5.56 Å². The number of rotatable bonds is 0. The number of benzene rings is 1. The van der Waals surface area contributed by atoms with Gasteiger partial charge in [-0.3, -0.25) is 0 Å². The first-order valence-electron chi connectivity index (χ1n) is 4.33. The SMILES string of the molecule is Clc1ccccc1C#CC1CNC1. The highest BCUT2D eigenvalue weighted by atomic mass is 35.5. The molecule has 0 saturated carbocycles. The summed E-state index contributed by atoms with van der Waals surface area (Å²) >= 11 is 5.95. The first-order chi connectivity index (χ1) is 6.36. The van der Waals surface area contributed by atoms with Crippen LogP contribution in [-0.4, -0.2) is 13.1 Å². The van der Waals surface area contributed by atoms with Crippen molar-refractivity contribution in [3.8, 4) is 11.8 Å². The van der Waals surface area contributed by atoms with Gasteiger partial charge in [-0.2, -0.15) is 0 Å². The Balaban J connectivity index is 2.14. The summed E-state index contributed by atoms with van der Waals surface area (Å²) < 4.78 is 0. The lowest BCUT2D eigenvalue weighted by molar-refractivity contribution is 0.432. The van der Waals surface area contributed by atoms with Crippen LogP contribution in [0.15, 0.2) is 24.3 Å². The molecule has 1 N–H and O–H groups in total. The molecule has 1 saturated heterocycles. The average molecular weight is 192 g/mol. The Morgan fingerprint density at radius 1 is 1.31 bits per heavy atom. The van der Waals surface area contributed by atoms with Gasteiger partial charge >= 0.3 is 0 Å². The highest BCUT2D eigenvalue weighted by Gasteiger charge is 2.12.